The molecule has 0 aromatic heterocycles. The molecule has 3 aromatic rings. The molecule has 3 aliphatic rings. The van der Waals surface area contributed by atoms with Crippen molar-refractivity contribution in [2.24, 2.45) is 0 Å². The lowest BCUT2D eigenvalue weighted by Crippen LogP contribution is -2.53. The zero-order chi connectivity index (χ0) is 31.5. The van der Waals surface area contributed by atoms with Gasteiger partial charge in [0.15, 0.2) is 6.61 Å². The van der Waals surface area contributed by atoms with Crippen molar-refractivity contribution in [3.8, 4) is 16.9 Å². The van der Waals surface area contributed by atoms with E-state index >= 15 is 0 Å². The van der Waals surface area contributed by atoms with Crippen molar-refractivity contribution in [3.05, 3.63) is 81.8 Å². The third-order valence-corrected chi connectivity index (χ3v) is 9.38. The van der Waals surface area contributed by atoms with Crippen LogP contribution in [0.3, 0.4) is 0 Å². The van der Waals surface area contributed by atoms with Gasteiger partial charge in [-0.2, -0.15) is 0 Å². The number of nitrogens with zero attached hydrogens (tertiary/aromatic N) is 3. The smallest absolute Gasteiger partial charge is 0.265 e. The molecule has 1 N–H and O–H groups in total. The van der Waals surface area contributed by atoms with E-state index in [9.17, 15) is 14.4 Å². The van der Waals surface area contributed by atoms with Crippen LogP contribution < -0.4 is 15.0 Å². The molecular weight excluding hydrogens is 615 g/mol. The Morgan fingerprint density at radius 2 is 1.62 bits per heavy atom. The van der Waals surface area contributed by atoms with Crippen LogP contribution in [0.5, 0.6) is 5.75 Å². The van der Waals surface area contributed by atoms with Crippen LogP contribution in [0.25, 0.3) is 11.1 Å². The molecule has 2 unspecified atom stereocenters. The number of anilines is 1. The SMILES string of the molecule is CC(C(=O)NC(CN1CCOCC1)c1cccc(-c2ccc(C(=O)N3CCCC3)cc2)c1)N1C(=O)COc2cc(Cl)c(Cl)cc21. The van der Waals surface area contributed by atoms with Crippen LogP contribution in [0.1, 0.15) is 41.7 Å². The first-order valence-electron chi connectivity index (χ1n) is 15.3. The molecule has 0 radical (unpaired) electrons. The molecule has 0 bridgehead atoms. The van der Waals surface area contributed by atoms with Crippen molar-refractivity contribution in [1.29, 1.82) is 0 Å². The fourth-order valence-electron chi connectivity index (χ4n) is 6.12. The number of hydrogen-bond acceptors (Lipinski definition) is 6. The van der Waals surface area contributed by atoms with Gasteiger partial charge >= 0.3 is 0 Å². The van der Waals surface area contributed by atoms with Crippen molar-refractivity contribution < 1.29 is 23.9 Å². The monoisotopic (exact) mass is 650 g/mol. The minimum Gasteiger partial charge on any atom is -0.482 e. The van der Waals surface area contributed by atoms with Crippen LogP contribution in [-0.2, 0) is 14.3 Å². The van der Waals surface area contributed by atoms with Crippen LogP contribution >= 0.6 is 23.2 Å². The van der Waals surface area contributed by atoms with Gasteiger partial charge in [0, 0.05) is 44.4 Å². The second-order valence-electron chi connectivity index (χ2n) is 11.6. The van der Waals surface area contributed by atoms with Crippen LogP contribution in [-0.4, -0.2) is 86.1 Å². The van der Waals surface area contributed by atoms with E-state index in [0.29, 0.717) is 41.8 Å². The summed E-state index contributed by atoms with van der Waals surface area (Å²) in [6.07, 6.45) is 2.10. The molecule has 2 saturated heterocycles. The van der Waals surface area contributed by atoms with Gasteiger partial charge in [-0.3, -0.25) is 24.2 Å². The minimum absolute atomic E-state index is 0.0712. The maximum Gasteiger partial charge on any atom is 0.265 e. The maximum absolute atomic E-state index is 13.9. The van der Waals surface area contributed by atoms with E-state index in [1.807, 2.05) is 47.4 Å². The topological polar surface area (TPSA) is 91.4 Å². The molecule has 0 spiro atoms. The molecule has 3 aromatic carbocycles. The molecule has 45 heavy (non-hydrogen) atoms. The average molecular weight is 652 g/mol. The van der Waals surface area contributed by atoms with Crippen molar-refractivity contribution in [2.75, 3.05) is 57.4 Å². The average Bonchev–Trinajstić information content (AvgIpc) is 3.61. The second-order valence-corrected chi connectivity index (χ2v) is 12.5. The standard InChI is InChI=1S/C34H36Cl2N4O5/c1-22(40-30-18-27(35)28(36)19-31(30)45-21-32(40)41)33(42)37-29(20-38-13-15-44-16-14-38)26-6-4-5-25(17-26)23-7-9-24(10-8-23)34(43)39-11-2-3-12-39/h4-10,17-19,22,29H,2-3,11-16,20-21H2,1H3,(H,37,42). The number of likely N-dealkylation sites (tertiary alicyclic amines) is 1. The molecule has 0 saturated carbocycles. The highest BCUT2D eigenvalue weighted by molar-refractivity contribution is 6.42. The zero-order valence-corrected chi connectivity index (χ0v) is 26.6. The molecule has 236 valence electrons. The van der Waals surface area contributed by atoms with Crippen LogP contribution in [0, 0.1) is 0 Å². The molecule has 2 fully saturated rings. The lowest BCUT2D eigenvalue weighted by molar-refractivity contribution is -0.128. The van der Waals surface area contributed by atoms with E-state index in [1.54, 1.807) is 19.1 Å². The minimum atomic E-state index is -0.839. The van der Waals surface area contributed by atoms with Crippen molar-refractivity contribution in [3.63, 3.8) is 0 Å². The van der Waals surface area contributed by atoms with Gasteiger partial charge in [0.1, 0.15) is 11.8 Å². The number of carbonyl (C=O) groups is 3. The lowest BCUT2D eigenvalue weighted by Gasteiger charge is -2.35. The van der Waals surface area contributed by atoms with E-state index in [2.05, 4.69) is 16.3 Å². The summed E-state index contributed by atoms with van der Waals surface area (Å²) >= 11 is 12.5. The number of ether oxygens (including phenoxy) is 2. The number of fused-ring (bicyclic) bond motifs is 1. The Hall–Kier alpha value is -3.63. The van der Waals surface area contributed by atoms with Gasteiger partial charge < -0.3 is 19.7 Å². The lowest BCUT2D eigenvalue weighted by atomic mass is 9.97. The number of carbonyl (C=O) groups excluding carboxylic acids is 3. The van der Waals surface area contributed by atoms with Gasteiger partial charge in [0.05, 0.1) is 35.0 Å². The van der Waals surface area contributed by atoms with Crippen LogP contribution in [0.2, 0.25) is 10.0 Å². The van der Waals surface area contributed by atoms with E-state index in [4.69, 9.17) is 32.7 Å². The summed E-state index contributed by atoms with van der Waals surface area (Å²) in [5.74, 6) is -0.186. The third-order valence-electron chi connectivity index (χ3n) is 8.66. The third kappa shape index (κ3) is 6.97. The summed E-state index contributed by atoms with van der Waals surface area (Å²) in [4.78, 5) is 45.3. The molecule has 3 heterocycles. The molecule has 6 rings (SSSR count). The van der Waals surface area contributed by atoms with Gasteiger partial charge in [-0.1, -0.05) is 53.5 Å². The zero-order valence-electron chi connectivity index (χ0n) is 25.1. The predicted octanol–water partition coefficient (Wildman–Crippen LogP) is 5.20. The largest absolute Gasteiger partial charge is 0.482 e. The summed E-state index contributed by atoms with van der Waals surface area (Å²) in [6.45, 7) is 6.44. The predicted molar refractivity (Wildman–Crippen MR) is 174 cm³/mol. The molecule has 3 amide bonds. The quantitative estimate of drug-likeness (QED) is 0.360. The number of rotatable bonds is 8. The Kier molecular flexibility index (Phi) is 9.61. The normalized spacial score (nSPS) is 18.2. The van der Waals surface area contributed by atoms with Crippen LogP contribution in [0.15, 0.2) is 60.7 Å². The van der Waals surface area contributed by atoms with E-state index in [0.717, 1.165) is 55.7 Å². The number of benzene rings is 3. The second kappa shape index (κ2) is 13.8. The van der Waals surface area contributed by atoms with Crippen molar-refractivity contribution in [2.45, 2.75) is 31.8 Å². The summed E-state index contributed by atoms with van der Waals surface area (Å²) in [7, 11) is 0. The van der Waals surface area contributed by atoms with Crippen LogP contribution in [0.4, 0.5) is 5.69 Å². The Balaban J connectivity index is 1.24. The number of hydrogen-bond donors (Lipinski definition) is 1. The number of amides is 3. The Labute approximate surface area is 273 Å². The summed E-state index contributed by atoms with van der Waals surface area (Å²) in [5, 5.41) is 3.79. The Morgan fingerprint density at radius 1 is 0.911 bits per heavy atom. The molecule has 11 heteroatoms. The first-order valence-corrected chi connectivity index (χ1v) is 16.1. The summed E-state index contributed by atoms with van der Waals surface area (Å²) < 4.78 is 11.1. The van der Waals surface area contributed by atoms with Crippen molar-refractivity contribution in [1.82, 2.24) is 15.1 Å². The number of morpholine rings is 1. The van der Waals surface area contributed by atoms with Gasteiger partial charge in [0.25, 0.3) is 11.8 Å². The Morgan fingerprint density at radius 3 is 2.36 bits per heavy atom. The van der Waals surface area contributed by atoms with E-state index in [-0.39, 0.29) is 35.4 Å². The molecule has 3 aliphatic heterocycles. The highest BCUT2D eigenvalue weighted by atomic mass is 35.5. The summed E-state index contributed by atoms with van der Waals surface area (Å²) in [5.41, 5.74) is 3.98. The van der Waals surface area contributed by atoms with E-state index in [1.165, 1.54) is 4.90 Å². The van der Waals surface area contributed by atoms with Gasteiger partial charge in [0.2, 0.25) is 5.91 Å². The number of nitrogens with one attached hydrogen (secondary N) is 1. The fourth-order valence-corrected chi connectivity index (χ4v) is 6.43. The fraction of sp³-hybridized carbons (Fsp3) is 0.382. The highest BCUT2D eigenvalue weighted by Crippen LogP contribution is 2.39. The highest BCUT2D eigenvalue weighted by Gasteiger charge is 2.35. The maximum atomic E-state index is 13.9. The van der Waals surface area contributed by atoms with E-state index < -0.39 is 6.04 Å². The number of halogens is 2. The molecule has 0 aliphatic carbocycles. The molecule has 2 atom stereocenters. The first-order chi connectivity index (χ1) is 21.8. The van der Waals surface area contributed by atoms with Crippen molar-refractivity contribution >= 4 is 46.6 Å². The molecular formula is C34H36Cl2N4O5. The van der Waals surface area contributed by atoms with Gasteiger partial charge in [-0.25, -0.2) is 0 Å². The van der Waals surface area contributed by atoms with Gasteiger partial charge in [-0.15, -0.1) is 0 Å². The molecule has 9 nitrogen and oxygen atoms in total. The van der Waals surface area contributed by atoms with Gasteiger partial charge in [-0.05, 0) is 60.7 Å². The Bertz CT molecular complexity index is 1570. The summed E-state index contributed by atoms with van der Waals surface area (Å²) in [6, 6.07) is 17.7. The first kappa shape index (κ1) is 31.4.